The van der Waals surface area contributed by atoms with E-state index in [9.17, 15) is 14.3 Å². The fourth-order valence-electron chi connectivity index (χ4n) is 8.67. The topological polar surface area (TPSA) is 110 Å². The Hall–Kier alpha value is -0.980. The molecule has 0 aromatic rings. The fraction of sp³-hybridized carbons (Fsp3) is 0.808. The van der Waals surface area contributed by atoms with Crippen LogP contribution in [0.2, 0.25) is 0 Å². The van der Waals surface area contributed by atoms with Crippen molar-refractivity contribution in [1.29, 1.82) is 0 Å². The first-order valence-corrected chi connectivity index (χ1v) is 14.5. The van der Waals surface area contributed by atoms with E-state index in [4.69, 9.17) is 13.8 Å². The number of quaternary nitrogens is 1. The number of fused-ring (bicyclic) bond motifs is 6. The third-order valence-electron chi connectivity index (χ3n) is 10.6. The van der Waals surface area contributed by atoms with Crippen LogP contribution in [-0.2, 0) is 23.1 Å². The Morgan fingerprint density at radius 3 is 2.59 bits per heavy atom. The van der Waals surface area contributed by atoms with Gasteiger partial charge >= 0.3 is 13.8 Å². The zero-order valence-corrected chi connectivity index (χ0v) is 22.0. The van der Waals surface area contributed by atoms with Gasteiger partial charge in [0.25, 0.3) is 0 Å². The van der Waals surface area contributed by atoms with Crippen molar-refractivity contribution in [3.8, 4) is 0 Å². The summed E-state index contributed by atoms with van der Waals surface area (Å²) in [4.78, 5) is 22.6. The van der Waals surface area contributed by atoms with Crippen molar-refractivity contribution < 1.29 is 33.8 Å². The molecule has 3 saturated carbocycles. The van der Waals surface area contributed by atoms with Crippen molar-refractivity contribution in [3.05, 3.63) is 22.8 Å². The van der Waals surface area contributed by atoms with Crippen LogP contribution in [0.4, 0.5) is 0 Å². The minimum atomic E-state index is -4.04. The third-order valence-corrected chi connectivity index (χ3v) is 11.7. The first-order valence-electron chi connectivity index (χ1n) is 13.0. The Bertz CT molecular complexity index is 992. The van der Waals surface area contributed by atoms with Crippen LogP contribution >= 0.6 is 7.82 Å². The Kier molecular flexibility index (Phi) is 6.01. The summed E-state index contributed by atoms with van der Waals surface area (Å²) in [6.45, 7) is 9.37. The number of hydrogen-bond donors (Lipinski definition) is 2. The highest BCUT2D eigenvalue weighted by atomic mass is 31.2. The van der Waals surface area contributed by atoms with Crippen LogP contribution in [0.5, 0.6) is 0 Å². The molecule has 0 aromatic heterocycles. The van der Waals surface area contributed by atoms with Crippen molar-refractivity contribution >= 4 is 13.8 Å². The standard InChI is InChI=1S/C26H40NO6P/c1-16-17(2)26(32-23(16)28)12-9-22-20-6-5-18-15-19(33-34(29,30)31-14-13-27)7-10-24(18,3)21(20)8-11-25(22,26)4/h5,19-22H,6-15,27H2,1-4H3,(H,29,30)/p+1/t19?,20?,21-,22-,24-,25-,26-/m0/s1. The summed E-state index contributed by atoms with van der Waals surface area (Å²) in [7, 11) is -4.04. The van der Waals surface area contributed by atoms with Gasteiger partial charge in [-0.15, -0.1) is 0 Å². The molecule has 0 radical (unpaired) electrons. The normalized spacial score (nSPS) is 45.4. The van der Waals surface area contributed by atoms with Gasteiger partial charge in [0.15, 0.2) is 0 Å². The second-order valence-corrected chi connectivity index (χ2v) is 13.3. The average molecular weight is 495 g/mol. The summed E-state index contributed by atoms with van der Waals surface area (Å²) >= 11 is 0. The number of esters is 1. The zero-order chi connectivity index (χ0) is 24.5. The minimum Gasteiger partial charge on any atom is -0.451 e. The highest BCUT2D eigenvalue weighted by Crippen LogP contribution is 2.70. The van der Waals surface area contributed by atoms with E-state index in [1.165, 1.54) is 5.57 Å². The van der Waals surface area contributed by atoms with Gasteiger partial charge in [-0.3, -0.25) is 9.05 Å². The van der Waals surface area contributed by atoms with Gasteiger partial charge in [-0.1, -0.05) is 25.5 Å². The van der Waals surface area contributed by atoms with Crippen LogP contribution in [0.25, 0.3) is 0 Å². The summed E-state index contributed by atoms with van der Waals surface area (Å²) in [6.07, 6.45) is 9.83. The van der Waals surface area contributed by atoms with Crippen molar-refractivity contribution in [2.24, 2.45) is 28.6 Å². The summed E-state index contributed by atoms with van der Waals surface area (Å²) in [5.41, 5.74) is 6.67. The maximum atomic E-state index is 12.5. The van der Waals surface area contributed by atoms with Crippen LogP contribution in [0.15, 0.2) is 22.8 Å². The number of ether oxygens (including phenoxy) is 1. The van der Waals surface area contributed by atoms with E-state index >= 15 is 0 Å². The van der Waals surface area contributed by atoms with E-state index < -0.39 is 13.4 Å². The molecule has 0 saturated heterocycles. The predicted molar refractivity (Wildman–Crippen MR) is 127 cm³/mol. The molecule has 34 heavy (non-hydrogen) atoms. The summed E-state index contributed by atoms with van der Waals surface area (Å²) in [5, 5.41) is 0. The number of hydrogen-bond acceptors (Lipinski definition) is 5. The maximum Gasteiger partial charge on any atom is 0.472 e. The molecule has 1 aliphatic heterocycles. The van der Waals surface area contributed by atoms with Gasteiger partial charge in [0, 0.05) is 11.0 Å². The molecule has 3 fully saturated rings. The van der Waals surface area contributed by atoms with Gasteiger partial charge in [-0.2, -0.15) is 0 Å². The first-order chi connectivity index (χ1) is 16.0. The quantitative estimate of drug-likeness (QED) is 0.335. The maximum absolute atomic E-state index is 12.5. The van der Waals surface area contributed by atoms with Crippen LogP contribution in [0, 0.1) is 28.6 Å². The molecule has 190 valence electrons. The smallest absolute Gasteiger partial charge is 0.451 e. The lowest BCUT2D eigenvalue weighted by atomic mass is 9.46. The lowest BCUT2D eigenvalue weighted by Gasteiger charge is -2.59. The molecule has 4 N–H and O–H groups in total. The van der Waals surface area contributed by atoms with Gasteiger partial charge in [0.2, 0.25) is 0 Å². The van der Waals surface area contributed by atoms with Crippen LogP contribution in [0.3, 0.4) is 0 Å². The van der Waals surface area contributed by atoms with Crippen molar-refractivity contribution in [2.45, 2.75) is 90.8 Å². The number of rotatable bonds is 5. The van der Waals surface area contributed by atoms with E-state index in [-0.39, 0.29) is 29.5 Å². The monoisotopic (exact) mass is 494 g/mol. The highest BCUT2D eigenvalue weighted by Gasteiger charge is 2.68. The number of phosphoric acid groups is 1. The Labute approximate surface area is 203 Å². The van der Waals surface area contributed by atoms with Crippen molar-refractivity contribution in [3.63, 3.8) is 0 Å². The average Bonchev–Trinajstić information content (AvgIpc) is 3.21. The van der Waals surface area contributed by atoms with Crippen molar-refractivity contribution in [1.82, 2.24) is 0 Å². The van der Waals surface area contributed by atoms with Crippen molar-refractivity contribution in [2.75, 3.05) is 13.2 Å². The Morgan fingerprint density at radius 2 is 1.91 bits per heavy atom. The largest absolute Gasteiger partial charge is 0.472 e. The van der Waals surface area contributed by atoms with Gasteiger partial charge < -0.3 is 15.4 Å². The van der Waals surface area contributed by atoms with Gasteiger partial charge in [-0.05, 0) is 94.0 Å². The van der Waals surface area contributed by atoms with E-state index in [1.54, 1.807) is 0 Å². The number of allylic oxidation sites excluding steroid dienone is 1. The summed E-state index contributed by atoms with van der Waals surface area (Å²) < 4.78 is 29.1. The lowest BCUT2D eigenvalue weighted by molar-refractivity contribution is -0.371. The molecule has 8 atom stereocenters. The first kappa shape index (κ1) is 24.7. The Balaban J connectivity index is 1.36. The Morgan fingerprint density at radius 1 is 1.18 bits per heavy atom. The second-order valence-electron chi connectivity index (χ2n) is 11.8. The van der Waals surface area contributed by atoms with E-state index in [1.807, 2.05) is 6.92 Å². The molecular weight excluding hydrogens is 453 g/mol. The molecule has 7 nitrogen and oxygen atoms in total. The minimum absolute atomic E-state index is 0.0112. The number of carbonyl (C=O) groups excluding carboxylic acids is 1. The molecule has 5 aliphatic rings. The molecule has 0 amide bonds. The van der Waals surface area contributed by atoms with Gasteiger partial charge in [0.05, 0.1) is 12.6 Å². The molecule has 5 rings (SSSR count). The third kappa shape index (κ3) is 3.45. The number of phosphoric ester groups is 1. The fourth-order valence-corrected chi connectivity index (χ4v) is 9.64. The molecule has 3 unspecified atom stereocenters. The second kappa shape index (κ2) is 8.27. The summed E-state index contributed by atoms with van der Waals surface area (Å²) in [6, 6.07) is 0. The summed E-state index contributed by atoms with van der Waals surface area (Å²) in [5.74, 6) is 1.59. The van der Waals surface area contributed by atoms with Crippen LogP contribution in [0.1, 0.15) is 79.1 Å². The van der Waals surface area contributed by atoms with E-state index in [0.717, 1.165) is 56.1 Å². The predicted octanol–water partition coefficient (Wildman–Crippen LogP) is 4.33. The van der Waals surface area contributed by atoms with Gasteiger partial charge in [0.1, 0.15) is 12.2 Å². The molecular formula is C26H41NO6P+. The van der Waals surface area contributed by atoms with Crippen LogP contribution < -0.4 is 5.73 Å². The highest BCUT2D eigenvalue weighted by molar-refractivity contribution is 7.47. The lowest BCUT2D eigenvalue weighted by Crippen LogP contribution is -2.55. The zero-order valence-electron chi connectivity index (χ0n) is 21.1. The molecule has 0 aromatic carbocycles. The molecule has 8 heteroatoms. The number of carbonyl (C=O) groups is 1. The van der Waals surface area contributed by atoms with E-state index in [2.05, 4.69) is 32.6 Å². The molecule has 0 bridgehead atoms. The van der Waals surface area contributed by atoms with Gasteiger partial charge in [-0.25, -0.2) is 9.36 Å². The molecule has 1 spiro atoms. The molecule has 4 aliphatic carbocycles. The SMILES string of the molecule is CC1=C(C)[C@]2(CC[C@H]3C4CC=C5CC(OP(=O)(O)OCC[NH3+])CC[C@]5(C)[C@H]4CC[C@@]32C)OC1=O. The van der Waals surface area contributed by atoms with Crippen LogP contribution in [-0.4, -0.2) is 35.7 Å². The van der Waals surface area contributed by atoms with E-state index in [0.29, 0.717) is 30.7 Å². The molecule has 1 heterocycles.